The average molecular weight is 551 g/mol. The second kappa shape index (κ2) is 11.0. The highest BCUT2D eigenvalue weighted by atomic mass is 35.5. The molecule has 0 fully saturated rings. The SMILES string of the molecule is CCOC(=O)c1sc2c(c1C)c(=O)n(CCO[Si](C)(C)C(C)(C)C)c(=O)n2CCc1ccccc1Cl. The van der Waals surface area contributed by atoms with Gasteiger partial charge in [-0.2, -0.15) is 0 Å². The summed E-state index contributed by atoms with van der Waals surface area (Å²) in [5.74, 6) is -0.492. The Morgan fingerprint density at radius 3 is 2.39 bits per heavy atom. The van der Waals surface area contributed by atoms with E-state index in [-0.39, 0.29) is 24.8 Å². The normalized spacial score (nSPS) is 12.3. The van der Waals surface area contributed by atoms with Crippen LogP contribution in [-0.2, 0) is 28.7 Å². The molecule has 0 saturated carbocycles. The quantitative estimate of drug-likeness (QED) is 0.255. The van der Waals surface area contributed by atoms with Gasteiger partial charge in [0.15, 0.2) is 8.32 Å². The minimum Gasteiger partial charge on any atom is -0.462 e. The summed E-state index contributed by atoms with van der Waals surface area (Å²) in [5.41, 5.74) is 0.600. The first-order valence-electron chi connectivity index (χ1n) is 12.1. The molecule has 0 atom stereocenters. The fourth-order valence-electron chi connectivity index (χ4n) is 3.72. The third kappa shape index (κ3) is 5.69. The summed E-state index contributed by atoms with van der Waals surface area (Å²) in [6, 6.07) is 7.47. The molecule has 0 amide bonds. The molecule has 1 aromatic carbocycles. The van der Waals surface area contributed by atoms with Gasteiger partial charge in [0.05, 0.1) is 25.1 Å². The van der Waals surface area contributed by atoms with Crippen LogP contribution < -0.4 is 11.2 Å². The van der Waals surface area contributed by atoms with Gasteiger partial charge in [-0.3, -0.25) is 13.9 Å². The van der Waals surface area contributed by atoms with E-state index in [0.29, 0.717) is 38.6 Å². The van der Waals surface area contributed by atoms with Crippen LogP contribution in [0.15, 0.2) is 33.9 Å². The molecule has 0 bridgehead atoms. The Labute approximate surface area is 221 Å². The van der Waals surface area contributed by atoms with Crippen LogP contribution in [0.3, 0.4) is 0 Å². The summed E-state index contributed by atoms with van der Waals surface area (Å²) in [6.07, 6.45) is 0.499. The number of aromatic nitrogens is 2. The zero-order valence-electron chi connectivity index (χ0n) is 22.1. The summed E-state index contributed by atoms with van der Waals surface area (Å²) in [6.45, 7) is 15.1. The van der Waals surface area contributed by atoms with E-state index in [1.54, 1.807) is 18.4 Å². The van der Waals surface area contributed by atoms with Crippen molar-refractivity contribution in [2.75, 3.05) is 13.2 Å². The molecule has 0 unspecified atom stereocenters. The maximum Gasteiger partial charge on any atom is 0.348 e. The van der Waals surface area contributed by atoms with Crippen molar-refractivity contribution in [3.63, 3.8) is 0 Å². The minimum atomic E-state index is -2.06. The van der Waals surface area contributed by atoms with Gasteiger partial charge in [-0.25, -0.2) is 9.59 Å². The Morgan fingerprint density at radius 1 is 1.11 bits per heavy atom. The van der Waals surface area contributed by atoms with Crippen LogP contribution in [0.1, 0.15) is 48.5 Å². The molecule has 0 aliphatic heterocycles. The molecule has 196 valence electrons. The van der Waals surface area contributed by atoms with Gasteiger partial charge in [0.2, 0.25) is 0 Å². The number of ether oxygens (including phenoxy) is 1. The lowest BCUT2D eigenvalue weighted by molar-refractivity contribution is 0.0531. The smallest absolute Gasteiger partial charge is 0.348 e. The van der Waals surface area contributed by atoms with Crippen LogP contribution in [0.4, 0.5) is 0 Å². The van der Waals surface area contributed by atoms with Gasteiger partial charge >= 0.3 is 11.7 Å². The highest BCUT2D eigenvalue weighted by Crippen LogP contribution is 2.36. The molecule has 2 aromatic heterocycles. The van der Waals surface area contributed by atoms with E-state index in [2.05, 4.69) is 33.9 Å². The molecular weight excluding hydrogens is 516 g/mol. The molecule has 0 aliphatic rings. The van der Waals surface area contributed by atoms with E-state index in [1.165, 1.54) is 4.57 Å². The van der Waals surface area contributed by atoms with Gasteiger partial charge in [-0.05, 0) is 55.6 Å². The van der Waals surface area contributed by atoms with Crippen LogP contribution in [-0.4, -0.2) is 36.6 Å². The lowest BCUT2D eigenvalue weighted by Crippen LogP contribution is -2.44. The number of nitrogens with zero attached hydrogens (tertiary/aromatic N) is 2. The third-order valence-corrected chi connectivity index (χ3v) is 13.1. The van der Waals surface area contributed by atoms with Crippen LogP contribution in [0.25, 0.3) is 10.2 Å². The number of aryl methyl sites for hydroxylation is 3. The number of hydrogen-bond donors (Lipinski definition) is 0. The Hall–Kier alpha value is -2.20. The molecule has 0 saturated heterocycles. The Balaban J connectivity index is 2.09. The second-order valence-electron chi connectivity index (χ2n) is 10.3. The molecule has 36 heavy (non-hydrogen) atoms. The zero-order chi connectivity index (χ0) is 26.8. The fraction of sp³-hybridized carbons (Fsp3) is 0.500. The van der Waals surface area contributed by atoms with Gasteiger partial charge in [-0.1, -0.05) is 50.6 Å². The van der Waals surface area contributed by atoms with Gasteiger partial charge in [0, 0.05) is 11.6 Å². The molecule has 0 radical (unpaired) electrons. The van der Waals surface area contributed by atoms with Gasteiger partial charge < -0.3 is 9.16 Å². The first-order valence-corrected chi connectivity index (χ1v) is 16.2. The second-order valence-corrected chi connectivity index (χ2v) is 16.5. The average Bonchev–Trinajstić information content (AvgIpc) is 3.13. The van der Waals surface area contributed by atoms with Crippen molar-refractivity contribution >= 4 is 47.4 Å². The monoisotopic (exact) mass is 550 g/mol. The predicted octanol–water partition coefficient (Wildman–Crippen LogP) is 5.63. The van der Waals surface area contributed by atoms with Crippen LogP contribution in [0.5, 0.6) is 0 Å². The summed E-state index contributed by atoms with van der Waals surface area (Å²) < 4.78 is 14.3. The van der Waals surface area contributed by atoms with Crippen molar-refractivity contribution in [1.82, 2.24) is 9.13 Å². The molecule has 3 aromatic rings. The highest BCUT2D eigenvalue weighted by Gasteiger charge is 2.37. The maximum atomic E-state index is 13.6. The topological polar surface area (TPSA) is 79.5 Å². The van der Waals surface area contributed by atoms with Crippen LogP contribution >= 0.6 is 22.9 Å². The fourth-order valence-corrected chi connectivity index (χ4v) is 6.20. The number of halogens is 1. The molecule has 0 spiro atoms. The zero-order valence-corrected chi connectivity index (χ0v) is 24.6. The molecular formula is C26H35ClN2O5SSi. The number of esters is 1. The molecule has 0 aliphatic carbocycles. The molecule has 2 heterocycles. The standard InChI is InChI=1S/C26H35ClN2O5SSi/c1-8-33-24(31)21-17(2)20-22(30)28(15-16-34-36(6,7)26(3,4)5)25(32)29(23(20)35-21)14-13-18-11-9-10-12-19(18)27/h9-12H,8,13-16H2,1-7H3. The molecule has 3 rings (SSSR count). The molecule has 0 N–H and O–H groups in total. The van der Waals surface area contributed by atoms with E-state index >= 15 is 0 Å². The van der Waals surface area contributed by atoms with Crippen molar-refractivity contribution in [3.05, 3.63) is 66.1 Å². The maximum absolute atomic E-state index is 13.6. The summed E-state index contributed by atoms with van der Waals surface area (Å²) in [5, 5.41) is 0.997. The van der Waals surface area contributed by atoms with Gasteiger partial charge in [-0.15, -0.1) is 11.3 Å². The molecule has 7 nitrogen and oxygen atoms in total. The predicted molar refractivity (Wildman–Crippen MR) is 149 cm³/mol. The molecule has 10 heteroatoms. The summed E-state index contributed by atoms with van der Waals surface area (Å²) in [7, 11) is -2.06. The number of thiophene rings is 1. The number of fused-ring (bicyclic) bond motifs is 1. The summed E-state index contributed by atoms with van der Waals surface area (Å²) in [4.78, 5) is 40.6. The van der Waals surface area contributed by atoms with Crippen LogP contribution in [0, 0.1) is 6.92 Å². The van der Waals surface area contributed by atoms with E-state index in [1.807, 2.05) is 24.3 Å². The number of benzene rings is 1. The van der Waals surface area contributed by atoms with Crippen LogP contribution in [0.2, 0.25) is 23.2 Å². The lowest BCUT2D eigenvalue weighted by atomic mass is 10.1. The number of carbonyl (C=O) groups is 1. The Kier molecular flexibility index (Phi) is 8.70. The number of hydrogen-bond acceptors (Lipinski definition) is 6. The first kappa shape index (κ1) is 28.4. The largest absolute Gasteiger partial charge is 0.462 e. The minimum absolute atomic E-state index is 0.00948. The van der Waals surface area contributed by atoms with Gasteiger partial charge in [0.25, 0.3) is 5.56 Å². The summed E-state index contributed by atoms with van der Waals surface area (Å²) >= 11 is 7.47. The van der Waals surface area contributed by atoms with E-state index in [0.717, 1.165) is 16.9 Å². The van der Waals surface area contributed by atoms with Crippen molar-refractivity contribution in [3.8, 4) is 0 Å². The highest BCUT2D eigenvalue weighted by molar-refractivity contribution is 7.20. The third-order valence-electron chi connectivity index (χ3n) is 6.90. The van der Waals surface area contributed by atoms with E-state index in [9.17, 15) is 14.4 Å². The van der Waals surface area contributed by atoms with Crippen molar-refractivity contribution in [1.29, 1.82) is 0 Å². The number of rotatable bonds is 9. The van der Waals surface area contributed by atoms with Crippen molar-refractivity contribution in [2.24, 2.45) is 0 Å². The van der Waals surface area contributed by atoms with E-state index in [4.69, 9.17) is 20.8 Å². The van der Waals surface area contributed by atoms with E-state index < -0.39 is 25.5 Å². The Bertz CT molecular complexity index is 1380. The van der Waals surface area contributed by atoms with Gasteiger partial charge in [0.1, 0.15) is 9.71 Å². The Morgan fingerprint density at radius 2 is 1.78 bits per heavy atom. The number of carbonyl (C=O) groups excluding carboxylic acids is 1. The lowest BCUT2D eigenvalue weighted by Gasteiger charge is -2.36. The van der Waals surface area contributed by atoms with Crippen molar-refractivity contribution in [2.45, 2.75) is 72.3 Å². The van der Waals surface area contributed by atoms with Crippen molar-refractivity contribution < 1.29 is 14.0 Å². The first-order chi connectivity index (χ1) is 16.8.